The van der Waals surface area contributed by atoms with Crippen LogP contribution in [0.25, 0.3) is 0 Å². The van der Waals surface area contributed by atoms with Crippen molar-refractivity contribution in [1.29, 1.82) is 0 Å². The molecule has 0 bridgehead atoms. The van der Waals surface area contributed by atoms with Gasteiger partial charge < -0.3 is 5.11 Å². The van der Waals surface area contributed by atoms with Crippen molar-refractivity contribution in [3.8, 4) is 0 Å². The van der Waals surface area contributed by atoms with Gasteiger partial charge in [0.25, 0.3) is 5.69 Å². The van der Waals surface area contributed by atoms with Crippen molar-refractivity contribution in [1.82, 2.24) is 0 Å². The monoisotopic (exact) mass is 221 g/mol. The van der Waals surface area contributed by atoms with Crippen LogP contribution in [0.5, 0.6) is 0 Å². The molecule has 7 heteroatoms. The number of non-ortho nitro benzene ring substituents is 1. The molecule has 1 N–H and O–H groups in total. The van der Waals surface area contributed by atoms with Crippen LogP contribution in [0.4, 0.5) is 10.1 Å². The maximum atomic E-state index is 12.7. The van der Waals surface area contributed by atoms with Gasteiger partial charge in [-0.05, 0) is 6.07 Å². The largest absolute Gasteiger partial charge is 0.478 e. The molecule has 1 rings (SSSR count). The molecule has 0 saturated carbocycles. The number of carbonyl (C=O) groups is 1. The minimum Gasteiger partial charge on any atom is -0.478 e. The van der Waals surface area contributed by atoms with Crippen LogP contribution in [-0.2, 0) is 0 Å². The highest BCUT2D eigenvalue weighted by Crippen LogP contribution is 2.16. The van der Waals surface area contributed by atoms with Gasteiger partial charge in [0.1, 0.15) is 11.4 Å². The third-order valence-electron chi connectivity index (χ3n) is 1.39. The first-order valence-corrected chi connectivity index (χ1v) is 3.19. The molecule has 0 unspecified atom stereocenters. The second-order valence-electron chi connectivity index (χ2n) is 2.23. The summed E-state index contributed by atoms with van der Waals surface area (Å²) in [4.78, 5) is 19.7. The van der Waals surface area contributed by atoms with E-state index >= 15 is 0 Å². The van der Waals surface area contributed by atoms with Crippen molar-refractivity contribution in [3.05, 3.63) is 39.7 Å². The third kappa shape index (κ3) is 2.40. The first-order chi connectivity index (χ1) is 6.02. The highest BCUT2D eigenvalue weighted by molar-refractivity contribution is 5.88. The Kier molecular flexibility index (Phi) is 3.97. The minimum absolute atomic E-state index is 0. The number of nitrogens with zero attached hydrogens (tertiary/aromatic N) is 1. The molecule has 0 aliphatic heterocycles. The molecule has 1 aromatic carbocycles. The number of hydrogen-bond acceptors (Lipinski definition) is 3. The predicted molar refractivity (Wildman–Crippen MR) is 47.3 cm³/mol. The normalized spacial score (nSPS) is 8.93. The molecule has 0 heterocycles. The molecule has 0 aliphatic rings. The van der Waals surface area contributed by atoms with Crippen molar-refractivity contribution in [2.75, 3.05) is 0 Å². The molecule has 76 valence electrons. The lowest BCUT2D eigenvalue weighted by atomic mass is 10.2. The number of nitro groups is 1. The zero-order valence-electron chi connectivity index (χ0n) is 6.64. The van der Waals surface area contributed by atoms with Crippen LogP contribution < -0.4 is 0 Å². The summed E-state index contributed by atoms with van der Waals surface area (Å²) in [6.45, 7) is 0. The fourth-order valence-electron chi connectivity index (χ4n) is 0.791. The summed E-state index contributed by atoms with van der Waals surface area (Å²) in [7, 11) is 0. The van der Waals surface area contributed by atoms with Crippen molar-refractivity contribution in [2.24, 2.45) is 0 Å². The number of rotatable bonds is 2. The van der Waals surface area contributed by atoms with Gasteiger partial charge in [0.05, 0.1) is 4.92 Å². The highest BCUT2D eigenvalue weighted by atomic mass is 35.5. The zero-order valence-corrected chi connectivity index (χ0v) is 7.45. The fraction of sp³-hybridized carbons (Fsp3) is 0. The molecule has 5 nitrogen and oxygen atoms in total. The van der Waals surface area contributed by atoms with Crippen LogP contribution in [-0.4, -0.2) is 16.0 Å². The van der Waals surface area contributed by atoms with Crippen molar-refractivity contribution < 1.29 is 19.2 Å². The van der Waals surface area contributed by atoms with Crippen LogP contribution in [0, 0.1) is 15.9 Å². The lowest BCUT2D eigenvalue weighted by Gasteiger charge is -1.96. The lowest BCUT2D eigenvalue weighted by molar-refractivity contribution is -0.384. The van der Waals surface area contributed by atoms with E-state index in [4.69, 9.17) is 5.11 Å². The molecule has 0 radical (unpaired) electrons. The third-order valence-corrected chi connectivity index (χ3v) is 1.39. The average Bonchev–Trinajstić information content (AvgIpc) is 2.04. The average molecular weight is 222 g/mol. The number of aromatic carboxylic acids is 1. The standard InChI is InChI=1S/C7H4FNO4.ClH/c8-6-2-1-4(9(12)13)3-5(6)7(10)11;/h1-3H,(H,10,11);1H. The summed E-state index contributed by atoms with van der Waals surface area (Å²) in [5.74, 6) is -2.51. The van der Waals surface area contributed by atoms with Gasteiger partial charge in [0.2, 0.25) is 0 Å². The van der Waals surface area contributed by atoms with E-state index in [1.165, 1.54) is 0 Å². The Bertz CT molecular complexity index is 382. The number of hydrogen-bond donors (Lipinski definition) is 1. The minimum atomic E-state index is -1.53. The van der Waals surface area contributed by atoms with Crippen LogP contribution in [0.1, 0.15) is 10.4 Å². The van der Waals surface area contributed by atoms with Gasteiger partial charge in [-0.25, -0.2) is 9.18 Å². The summed E-state index contributed by atoms with van der Waals surface area (Å²) in [5, 5.41) is 18.6. The molecular weight excluding hydrogens is 217 g/mol. The Morgan fingerprint density at radius 1 is 1.50 bits per heavy atom. The Morgan fingerprint density at radius 3 is 2.50 bits per heavy atom. The number of benzene rings is 1. The summed E-state index contributed by atoms with van der Waals surface area (Å²) in [6, 6.07) is 2.33. The molecule has 0 aliphatic carbocycles. The molecule has 14 heavy (non-hydrogen) atoms. The Labute approximate surface area is 83.7 Å². The van der Waals surface area contributed by atoms with Gasteiger partial charge in [-0.1, -0.05) is 0 Å². The van der Waals surface area contributed by atoms with Gasteiger partial charge >= 0.3 is 5.97 Å². The van der Waals surface area contributed by atoms with E-state index in [0.717, 1.165) is 12.1 Å². The van der Waals surface area contributed by atoms with E-state index in [0.29, 0.717) is 6.07 Å². The zero-order chi connectivity index (χ0) is 10.0. The maximum absolute atomic E-state index is 12.7. The van der Waals surface area contributed by atoms with Crippen LogP contribution in [0.3, 0.4) is 0 Å². The van der Waals surface area contributed by atoms with Crippen LogP contribution in [0.15, 0.2) is 18.2 Å². The number of carboxylic acids is 1. The Balaban J connectivity index is 0.00000169. The summed E-state index contributed by atoms with van der Waals surface area (Å²) < 4.78 is 12.7. The van der Waals surface area contributed by atoms with Gasteiger partial charge in [-0.2, -0.15) is 0 Å². The second kappa shape index (κ2) is 4.52. The quantitative estimate of drug-likeness (QED) is 0.610. The molecule has 0 atom stereocenters. The first-order valence-electron chi connectivity index (χ1n) is 3.19. The summed E-state index contributed by atoms with van der Waals surface area (Å²) in [5.41, 5.74) is -1.15. The van der Waals surface area contributed by atoms with Crippen molar-refractivity contribution >= 4 is 24.1 Å². The lowest BCUT2D eigenvalue weighted by Crippen LogP contribution is -2.01. The Morgan fingerprint density at radius 2 is 2.07 bits per heavy atom. The molecule has 0 aromatic heterocycles. The van der Waals surface area contributed by atoms with E-state index in [-0.39, 0.29) is 12.4 Å². The van der Waals surface area contributed by atoms with Gasteiger partial charge in [0.15, 0.2) is 0 Å². The molecule has 0 fully saturated rings. The molecule has 0 spiro atoms. The fourth-order valence-corrected chi connectivity index (χ4v) is 0.791. The molecule has 1 aromatic rings. The number of halogens is 2. The Hall–Kier alpha value is -1.69. The van der Waals surface area contributed by atoms with Crippen LogP contribution in [0.2, 0.25) is 0 Å². The number of nitro benzene ring substituents is 1. The first kappa shape index (κ1) is 12.3. The molecular formula is C7H5ClFNO4. The highest BCUT2D eigenvalue weighted by Gasteiger charge is 2.15. The predicted octanol–water partition coefficient (Wildman–Crippen LogP) is 1.85. The van der Waals surface area contributed by atoms with E-state index in [9.17, 15) is 19.3 Å². The maximum Gasteiger partial charge on any atom is 0.338 e. The van der Waals surface area contributed by atoms with Gasteiger partial charge in [0, 0.05) is 12.1 Å². The van der Waals surface area contributed by atoms with Gasteiger partial charge in [-0.15, -0.1) is 12.4 Å². The summed E-state index contributed by atoms with van der Waals surface area (Å²) >= 11 is 0. The van der Waals surface area contributed by atoms with E-state index in [1.54, 1.807) is 0 Å². The van der Waals surface area contributed by atoms with Crippen molar-refractivity contribution in [2.45, 2.75) is 0 Å². The van der Waals surface area contributed by atoms with Gasteiger partial charge in [-0.3, -0.25) is 10.1 Å². The van der Waals surface area contributed by atoms with E-state index in [2.05, 4.69) is 0 Å². The van der Waals surface area contributed by atoms with Crippen LogP contribution >= 0.6 is 12.4 Å². The summed E-state index contributed by atoms with van der Waals surface area (Å²) in [6.07, 6.45) is 0. The number of carboxylic acid groups (broad SMARTS) is 1. The van der Waals surface area contributed by atoms with Crippen molar-refractivity contribution in [3.63, 3.8) is 0 Å². The SMILES string of the molecule is Cl.O=C(O)c1cc([N+](=O)[O-])ccc1F. The van der Waals surface area contributed by atoms with E-state index in [1.807, 2.05) is 0 Å². The second-order valence-corrected chi connectivity index (χ2v) is 2.23. The molecule has 0 amide bonds. The topological polar surface area (TPSA) is 80.4 Å². The smallest absolute Gasteiger partial charge is 0.338 e. The van der Waals surface area contributed by atoms with E-state index < -0.39 is 28.0 Å². The molecule has 0 saturated heterocycles.